The normalized spacial score (nSPS) is 11.4. The van der Waals surface area contributed by atoms with Gasteiger partial charge in [0.2, 0.25) is 11.8 Å². The Kier molecular flexibility index (Phi) is 8.39. The molecule has 3 rings (SSSR count). The SMILES string of the molecule is Cc1cc(NC(=O)OC(C)(C)C)c(NC(=O)CC(=O)c2cccc(Oc3ccccn3)c2)cc1C(F)(F)F. The Labute approximate surface area is 217 Å². The van der Waals surface area contributed by atoms with E-state index in [-0.39, 0.29) is 22.5 Å². The molecular formula is C27H26F3N3O5. The molecule has 38 heavy (non-hydrogen) atoms. The molecule has 0 aliphatic rings. The number of aromatic nitrogens is 1. The third-order valence-electron chi connectivity index (χ3n) is 4.92. The molecule has 0 spiro atoms. The number of carbonyl (C=O) groups is 3. The smallest absolute Gasteiger partial charge is 0.416 e. The van der Waals surface area contributed by atoms with Crippen molar-refractivity contribution in [2.24, 2.45) is 0 Å². The van der Waals surface area contributed by atoms with E-state index in [2.05, 4.69) is 15.6 Å². The number of rotatable bonds is 7. The quantitative estimate of drug-likeness (QED) is 0.259. The number of pyridine rings is 1. The Balaban J connectivity index is 1.79. The van der Waals surface area contributed by atoms with E-state index in [1.807, 2.05) is 0 Å². The van der Waals surface area contributed by atoms with Gasteiger partial charge in [0.25, 0.3) is 0 Å². The highest BCUT2D eigenvalue weighted by Crippen LogP contribution is 2.37. The lowest BCUT2D eigenvalue weighted by Gasteiger charge is -2.21. The molecule has 8 nitrogen and oxygen atoms in total. The summed E-state index contributed by atoms with van der Waals surface area (Å²) in [7, 11) is 0. The molecule has 0 saturated carbocycles. The fourth-order valence-electron chi connectivity index (χ4n) is 3.34. The van der Waals surface area contributed by atoms with Gasteiger partial charge in [-0.3, -0.25) is 14.9 Å². The van der Waals surface area contributed by atoms with Crippen molar-refractivity contribution < 1.29 is 37.0 Å². The second-order valence-corrected chi connectivity index (χ2v) is 9.28. The number of ether oxygens (including phenoxy) is 2. The lowest BCUT2D eigenvalue weighted by molar-refractivity contribution is -0.138. The standard InChI is InChI=1S/C27H26F3N3O5/c1-16-12-20(33-25(36)38-26(2,3)4)21(14-19(16)27(28,29)30)32-23(35)15-22(34)17-8-7-9-18(13-17)37-24-10-5-6-11-31-24/h5-14H,15H2,1-4H3,(H,32,35)(H,33,36). The van der Waals surface area contributed by atoms with E-state index < -0.39 is 41.5 Å². The molecule has 2 N–H and O–H groups in total. The van der Waals surface area contributed by atoms with Crippen LogP contribution in [0.15, 0.2) is 60.8 Å². The van der Waals surface area contributed by atoms with Crippen LogP contribution in [0.1, 0.15) is 48.7 Å². The summed E-state index contributed by atoms with van der Waals surface area (Å²) in [6.07, 6.45) is -4.77. The average Bonchev–Trinajstić information content (AvgIpc) is 2.79. The molecular weight excluding hydrogens is 503 g/mol. The van der Waals surface area contributed by atoms with Crippen LogP contribution in [-0.4, -0.2) is 28.4 Å². The van der Waals surface area contributed by atoms with Gasteiger partial charge in [-0.15, -0.1) is 0 Å². The topological polar surface area (TPSA) is 107 Å². The average molecular weight is 530 g/mol. The van der Waals surface area contributed by atoms with Gasteiger partial charge in [0.05, 0.1) is 23.4 Å². The first-order valence-corrected chi connectivity index (χ1v) is 11.4. The van der Waals surface area contributed by atoms with Crippen molar-refractivity contribution >= 4 is 29.2 Å². The number of halogens is 3. The van der Waals surface area contributed by atoms with Crippen LogP contribution in [0.3, 0.4) is 0 Å². The molecule has 0 radical (unpaired) electrons. The van der Waals surface area contributed by atoms with Crippen LogP contribution in [0.25, 0.3) is 0 Å². The minimum absolute atomic E-state index is 0.115. The minimum atomic E-state index is -4.71. The summed E-state index contributed by atoms with van der Waals surface area (Å²) in [6, 6.07) is 12.9. The number of carbonyl (C=O) groups excluding carboxylic acids is 3. The predicted molar refractivity (Wildman–Crippen MR) is 134 cm³/mol. The van der Waals surface area contributed by atoms with E-state index in [1.165, 1.54) is 25.3 Å². The maximum absolute atomic E-state index is 13.5. The fourth-order valence-corrected chi connectivity index (χ4v) is 3.34. The second kappa shape index (κ2) is 11.3. The lowest BCUT2D eigenvalue weighted by Crippen LogP contribution is -2.28. The third kappa shape index (κ3) is 8.05. The highest BCUT2D eigenvalue weighted by Gasteiger charge is 2.34. The van der Waals surface area contributed by atoms with Crippen LogP contribution in [0.5, 0.6) is 11.6 Å². The molecule has 2 amide bonds. The molecule has 1 heterocycles. The van der Waals surface area contributed by atoms with Crippen molar-refractivity contribution in [1.29, 1.82) is 0 Å². The van der Waals surface area contributed by atoms with Crippen LogP contribution in [0, 0.1) is 6.92 Å². The molecule has 2 aromatic carbocycles. The second-order valence-electron chi connectivity index (χ2n) is 9.28. The molecule has 0 aliphatic heterocycles. The molecule has 3 aromatic rings. The van der Waals surface area contributed by atoms with E-state index >= 15 is 0 Å². The number of benzene rings is 2. The maximum atomic E-state index is 13.5. The number of Topliss-reactive ketones (excluding diaryl/α,β-unsaturated/α-hetero) is 1. The van der Waals surface area contributed by atoms with Gasteiger partial charge in [0.15, 0.2) is 5.78 Å². The highest BCUT2D eigenvalue weighted by atomic mass is 19.4. The van der Waals surface area contributed by atoms with E-state index in [0.717, 1.165) is 6.07 Å². The first-order chi connectivity index (χ1) is 17.7. The molecule has 0 atom stereocenters. The summed E-state index contributed by atoms with van der Waals surface area (Å²) in [5.74, 6) is -0.860. The van der Waals surface area contributed by atoms with Crippen molar-refractivity contribution in [3.05, 3.63) is 77.5 Å². The zero-order valence-corrected chi connectivity index (χ0v) is 21.1. The number of ketones is 1. The van der Waals surface area contributed by atoms with Gasteiger partial charge in [0, 0.05) is 17.8 Å². The summed E-state index contributed by atoms with van der Waals surface area (Å²) >= 11 is 0. The number of alkyl halides is 3. The summed E-state index contributed by atoms with van der Waals surface area (Å²) < 4.78 is 51.3. The van der Waals surface area contributed by atoms with E-state index in [4.69, 9.17) is 9.47 Å². The van der Waals surface area contributed by atoms with Crippen molar-refractivity contribution in [1.82, 2.24) is 4.98 Å². The summed E-state index contributed by atoms with van der Waals surface area (Å²) in [4.78, 5) is 41.7. The number of aryl methyl sites for hydroxylation is 1. The first kappa shape index (κ1) is 28.2. The van der Waals surface area contributed by atoms with Crippen molar-refractivity contribution in [2.45, 2.75) is 45.9 Å². The van der Waals surface area contributed by atoms with Crippen molar-refractivity contribution in [3.8, 4) is 11.6 Å². The number of nitrogens with zero attached hydrogens (tertiary/aromatic N) is 1. The number of hydrogen-bond acceptors (Lipinski definition) is 6. The third-order valence-corrected chi connectivity index (χ3v) is 4.92. The number of hydrogen-bond donors (Lipinski definition) is 2. The van der Waals surface area contributed by atoms with Crippen LogP contribution in [0.4, 0.5) is 29.3 Å². The van der Waals surface area contributed by atoms with Crippen LogP contribution < -0.4 is 15.4 Å². The van der Waals surface area contributed by atoms with Crippen LogP contribution in [-0.2, 0) is 15.7 Å². The number of nitrogens with one attached hydrogen (secondary N) is 2. The summed E-state index contributed by atoms with van der Waals surface area (Å²) in [6.45, 7) is 6.08. The molecule has 0 saturated heterocycles. The highest BCUT2D eigenvalue weighted by molar-refractivity contribution is 6.12. The molecule has 0 fully saturated rings. The van der Waals surface area contributed by atoms with Crippen LogP contribution >= 0.6 is 0 Å². The van der Waals surface area contributed by atoms with E-state index in [9.17, 15) is 27.6 Å². The predicted octanol–water partition coefficient (Wildman–Crippen LogP) is 6.76. The number of anilines is 2. The molecule has 0 aliphatic carbocycles. The van der Waals surface area contributed by atoms with Crippen molar-refractivity contribution in [2.75, 3.05) is 10.6 Å². The molecule has 1 aromatic heterocycles. The first-order valence-electron chi connectivity index (χ1n) is 11.4. The largest absolute Gasteiger partial charge is 0.444 e. The van der Waals surface area contributed by atoms with Crippen LogP contribution in [0.2, 0.25) is 0 Å². The van der Waals surface area contributed by atoms with Gasteiger partial charge in [0.1, 0.15) is 11.4 Å². The van der Waals surface area contributed by atoms with E-state index in [0.29, 0.717) is 17.7 Å². The van der Waals surface area contributed by atoms with E-state index in [1.54, 1.807) is 51.1 Å². The zero-order valence-electron chi connectivity index (χ0n) is 21.1. The maximum Gasteiger partial charge on any atom is 0.416 e. The van der Waals surface area contributed by atoms with Gasteiger partial charge < -0.3 is 14.8 Å². The van der Waals surface area contributed by atoms with Gasteiger partial charge >= 0.3 is 12.3 Å². The molecule has 0 unspecified atom stereocenters. The van der Waals surface area contributed by atoms with Gasteiger partial charge in [-0.25, -0.2) is 9.78 Å². The minimum Gasteiger partial charge on any atom is -0.444 e. The molecule has 200 valence electrons. The zero-order chi connectivity index (χ0) is 28.1. The summed E-state index contributed by atoms with van der Waals surface area (Å²) in [5, 5.41) is 4.66. The lowest BCUT2D eigenvalue weighted by atomic mass is 10.0. The Morgan fingerprint density at radius 1 is 0.921 bits per heavy atom. The van der Waals surface area contributed by atoms with Crippen molar-refractivity contribution in [3.63, 3.8) is 0 Å². The Morgan fingerprint density at radius 2 is 1.63 bits per heavy atom. The molecule has 0 bridgehead atoms. The Morgan fingerprint density at radius 3 is 2.26 bits per heavy atom. The number of amides is 2. The Hall–Kier alpha value is -4.41. The van der Waals surface area contributed by atoms with Gasteiger partial charge in [-0.2, -0.15) is 13.2 Å². The van der Waals surface area contributed by atoms with Gasteiger partial charge in [-0.05, 0) is 63.6 Å². The Bertz CT molecular complexity index is 1340. The monoisotopic (exact) mass is 529 g/mol. The van der Waals surface area contributed by atoms with Gasteiger partial charge in [-0.1, -0.05) is 18.2 Å². The summed E-state index contributed by atoms with van der Waals surface area (Å²) in [5.41, 5.74) is -2.35. The fraction of sp³-hybridized carbons (Fsp3) is 0.259. The molecule has 11 heteroatoms.